The standard InChI is InChI=1S/C17H18ClN3O5S/c1-3-11(2)20-27(25,26)14-7-5-13(6-8-14)19-17(22)12-4-9-15(18)16(10-12)21(23)24/h4-11,20H,3H2,1-2H3,(H,19,22). The highest BCUT2D eigenvalue weighted by molar-refractivity contribution is 7.89. The number of hydrogen-bond acceptors (Lipinski definition) is 5. The topological polar surface area (TPSA) is 118 Å². The Morgan fingerprint density at radius 1 is 1.22 bits per heavy atom. The Hall–Kier alpha value is -2.49. The predicted octanol–water partition coefficient (Wildman–Crippen LogP) is 3.58. The summed E-state index contributed by atoms with van der Waals surface area (Å²) in [5.74, 6) is -0.580. The Labute approximate surface area is 161 Å². The van der Waals surface area contributed by atoms with Gasteiger partial charge in [-0.05, 0) is 49.7 Å². The van der Waals surface area contributed by atoms with Crippen molar-refractivity contribution in [3.05, 3.63) is 63.2 Å². The Kier molecular flexibility index (Phi) is 6.53. The zero-order valence-electron chi connectivity index (χ0n) is 14.6. The maximum Gasteiger partial charge on any atom is 0.288 e. The lowest BCUT2D eigenvalue weighted by Gasteiger charge is -2.12. The number of hydrogen-bond donors (Lipinski definition) is 2. The monoisotopic (exact) mass is 411 g/mol. The van der Waals surface area contributed by atoms with Gasteiger partial charge in [0, 0.05) is 23.4 Å². The minimum absolute atomic E-state index is 0.0567. The first-order valence-corrected chi connectivity index (χ1v) is 9.88. The summed E-state index contributed by atoms with van der Waals surface area (Å²) >= 11 is 5.73. The SMILES string of the molecule is CCC(C)NS(=O)(=O)c1ccc(NC(=O)c2ccc(Cl)c([N+](=O)[O-])c2)cc1. The Morgan fingerprint density at radius 3 is 2.41 bits per heavy atom. The van der Waals surface area contributed by atoms with Crippen LogP contribution in [0.2, 0.25) is 5.02 Å². The number of nitro groups is 1. The summed E-state index contributed by atoms with van der Waals surface area (Å²) in [6.07, 6.45) is 0.653. The van der Waals surface area contributed by atoms with Crippen LogP contribution in [-0.4, -0.2) is 25.3 Å². The van der Waals surface area contributed by atoms with Crippen LogP contribution in [0.1, 0.15) is 30.6 Å². The van der Waals surface area contributed by atoms with E-state index in [-0.39, 0.29) is 27.2 Å². The van der Waals surface area contributed by atoms with Gasteiger partial charge < -0.3 is 5.32 Å². The zero-order chi connectivity index (χ0) is 20.2. The molecule has 0 aliphatic carbocycles. The van der Waals surface area contributed by atoms with Crippen LogP contribution in [0.15, 0.2) is 47.4 Å². The van der Waals surface area contributed by atoms with Crippen LogP contribution in [-0.2, 0) is 10.0 Å². The highest BCUT2D eigenvalue weighted by Crippen LogP contribution is 2.25. The minimum Gasteiger partial charge on any atom is -0.322 e. The lowest BCUT2D eigenvalue weighted by molar-refractivity contribution is -0.384. The van der Waals surface area contributed by atoms with E-state index >= 15 is 0 Å². The van der Waals surface area contributed by atoms with Crippen LogP contribution in [0.5, 0.6) is 0 Å². The van der Waals surface area contributed by atoms with Crippen molar-refractivity contribution in [1.29, 1.82) is 0 Å². The number of anilines is 1. The van der Waals surface area contributed by atoms with Gasteiger partial charge in [-0.25, -0.2) is 13.1 Å². The van der Waals surface area contributed by atoms with Crippen molar-refractivity contribution in [3.63, 3.8) is 0 Å². The van der Waals surface area contributed by atoms with E-state index in [1.807, 2.05) is 6.92 Å². The third-order valence-electron chi connectivity index (χ3n) is 3.80. The molecule has 144 valence electrons. The Morgan fingerprint density at radius 2 is 1.85 bits per heavy atom. The fraction of sp³-hybridized carbons (Fsp3) is 0.235. The highest BCUT2D eigenvalue weighted by atomic mass is 35.5. The molecule has 0 aliphatic heterocycles. The molecule has 0 heterocycles. The first kappa shape index (κ1) is 20.8. The summed E-state index contributed by atoms with van der Waals surface area (Å²) in [5.41, 5.74) is 0.0307. The minimum atomic E-state index is -3.64. The van der Waals surface area contributed by atoms with Crippen molar-refractivity contribution in [2.24, 2.45) is 0 Å². The summed E-state index contributed by atoms with van der Waals surface area (Å²) in [6.45, 7) is 3.63. The predicted molar refractivity (Wildman–Crippen MR) is 103 cm³/mol. The molecule has 0 radical (unpaired) electrons. The molecule has 0 saturated heterocycles. The fourth-order valence-electron chi connectivity index (χ4n) is 2.13. The summed E-state index contributed by atoms with van der Waals surface area (Å²) in [6, 6.07) is 9.11. The molecule has 0 bridgehead atoms. The molecule has 27 heavy (non-hydrogen) atoms. The molecule has 8 nitrogen and oxygen atoms in total. The molecule has 1 atom stereocenters. The Bertz CT molecular complexity index is 961. The average Bonchev–Trinajstić information content (AvgIpc) is 2.61. The zero-order valence-corrected chi connectivity index (χ0v) is 16.2. The van der Waals surface area contributed by atoms with Gasteiger partial charge in [0.2, 0.25) is 10.0 Å². The molecule has 0 aliphatic rings. The van der Waals surface area contributed by atoms with Crippen molar-refractivity contribution in [2.75, 3.05) is 5.32 Å². The molecule has 1 unspecified atom stereocenters. The number of nitro benzene ring substituents is 1. The number of carbonyl (C=O) groups excluding carboxylic acids is 1. The van der Waals surface area contributed by atoms with E-state index in [0.29, 0.717) is 12.1 Å². The quantitative estimate of drug-likeness (QED) is 0.533. The van der Waals surface area contributed by atoms with E-state index in [0.717, 1.165) is 6.07 Å². The van der Waals surface area contributed by atoms with Gasteiger partial charge in [-0.3, -0.25) is 14.9 Å². The second-order valence-electron chi connectivity index (χ2n) is 5.83. The van der Waals surface area contributed by atoms with Gasteiger partial charge >= 0.3 is 0 Å². The number of sulfonamides is 1. The molecule has 2 rings (SSSR count). The van der Waals surface area contributed by atoms with Crippen molar-refractivity contribution in [1.82, 2.24) is 4.72 Å². The van der Waals surface area contributed by atoms with Crippen molar-refractivity contribution >= 4 is 38.9 Å². The number of halogens is 1. The molecule has 0 spiro atoms. The molecule has 10 heteroatoms. The van der Waals surface area contributed by atoms with Gasteiger partial charge in [0.25, 0.3) is 11.6 Å². The molecule has 0 fully saturated rings. The summed E-state index contributed by atoms with van der Waals surface area (Å²) in [7, 11) is -3.64. The van der Waals surface area contributed by atoms with Crippen LogP contribution in [0, 0.1) is 10.1 Å². The van der Waals surface area contributed by atoms with Crippen molar-refractivity contribution in [2.45, 2.75) is 31.2 Å². The van der Waals surface area contributed by atoms with Gasteiger partial charge in [-0.2, -0.15) is 0 Å². The number of rotatable bonds is 7. The highest BCUT2D eigenvalue weighted by Gasteiger charge is 2.18. The molecule has 1 amide bonds. The maximum atomic E-state index is 12.3. The summed E-state index contributed by atoms with van der Waals surface area (Å²) < 4.78 is 27.0. The lowest BCUT2D eigenvalue weighted by Crippen LogP contribution is -2.31. The molecular weight excluding hydrogens is 394 g/mol. The Balaban J connectivity index is 2.16. The number of carbonyl (C=O) groups is 1. The first-order chi connectivity index (χ1) is 12.6. The van der Waals surface area contributed by atoms with Gasteiger partial charge in [0.05, 0.1) is 9.82 Å². The van der Waals surface area contributed by atoms with Crippen LogP contribution in [0.3, 0.4) is 0 Å². The largest absolute Gasteiger partial charge is 0.322 e. The number of benzene rings is 2. The fourth-order valence-corrected chi connectivity index (χ4v) is 3.64. The molecule has 2 aromatic carbocycles. The third-order valence-corrected chi connectivity index (χ3v) is 5.72. The van der Waals surface area contributed by atoms with Crippen LogP contribution >= 0.6 is 11.6 Å². The smallest absolute Gasteiger partial charge is 0.288 e. The third kappa shape index (κ3) is 5.25. The molecule has 2 N–H and O–H groups in total. The van der Waals surface area contributed by atoms with E-state index in [2.05, 4.69) is 10.0 Å². The lowest BCUT2D eigenvalue weighted by atomic mass is 10.2. The normalized spacial score (nSPS) is 12.4. The summed E-state index contributed by atoms with van der Waals surface area (Å²) in [5, 5.41) is 13.4. The first-order valence-electron chi connectivity index (χ1n) is 8.01. The average molecular weight is 412 g/mol. The summed E-state index contributed by atoms with van der Waals surface area (Å²) in [4.78, 5) is 22.6. The maximum absolute atomic E-state index is 12.3. The molecule has 0 saturated carbocycles. The van der Waals surface area contributed by atoms with E-state index in [1.54, 1.807) is 6.92 Å². The number of amides is 1. The van der Waals surface area contributed by atoms with Gasteiger partial charge in [0.15, 0.2) is 0 Å². The van der Waals surface area contributed by atoms with E-state index in [9.17, 15) is 23.3 Å². The van der Waals surface area contributed by atoms with Crippen LogP contribution in [0.4, 0.5) is 11.4 Å². The van der Waals surface area contributed by atoms with E-state index in [4.69, 9.17) is 11.6 Å². The number of nitrogens with one attached hydrogen (secondary N) is 2. The van der Waals surface area contributed by atoms with Crippen molar-refractivity contribution < 1.29 is 18.1 Å². The second kappa shape index (κ2) is 8.47. The van der Waals surface area contributed by atoms with Crippen LogP contribution < -0.4 is 10.0 Å². The number of nitrogens with zero attached hydrogens (tertiary/aromatic N) is 1. The van der Waals surface area contributed by atoms with Gasteiger partial charge in [-0.15, -0.1) is 0 Å². The molecule has 2 aromatic rings. The van der Waals surface area contributed by atoms with E-state index < -0.39 is 20.9 Å². The van der Waals surface area contributed by atoms with Crippen molar-refractivity contribution in [3.8, 4) is 0 Å². The van der Waals surface area contributed by atoms with E-state index in [1.165, 1.54) is 36.4 Å². The van der Waals surface area contributed by atoms with Gasteiger partial charge in [0.1, 0.15) is 5.02 Å². The second-order valence-corrected chi connectivity index (χ2v) is 7.95. The molecule has 0 aromatic heterocycles. The van der Waals surface area contributed by atoms with Gasteiger partial charge in [-0.1, -0.05) is 18.5 Å². The van der Waals surface area contributed by atoms with Crippen LogP contribution in [0.25, 0.3) is 0 Å². The molecular formula is C17H18ClN3O5S.